The molecule has 4 aromatic rings. The van der Waals surface area contributed by atoms with E-state index in [2.05, 4.69) is 25.9 Å². The molecule has 9 heteroatoms. The Morgan fingerprint density at radius 1 is 1.09 bits per heavy atom. The first-order valence-corrected chi connectivity index (χ1v) is 11.0. The van der Waals surface area contributed by atoms with E-state index in [4.69, 9.17) is 4.98 Å². The van der Waals surface area contributed by atoms with Crippen LogP contribution in [0.5, 0.6) is 0 Å². The molecule has 1 aliphatic carbocycles. The summed E-state index contributed by atoms with van der Waals surface area (Å²) < 4.78 is 1.80. The van der Waals surface area contributed by atoms with Gasteiger partial charge in [-0.1, -0.05) is 18.2 Å². The van der Waals surface area contributed by atoms with E-state index in [-0.39, 0.29) is 11.9 Å². The van der Waals surface area contributed by atoms with Gasteiger partial charge in [-0.15, -0.1) is 5.10 Å². The summed E-state index contributed by atoms with van der Waals surface area (Å²) in [6, 6.07) is 15.2. The summed E-state index contributed by atoms with van der Waals surface area (Å²) in [5.74, 6) is 2.49. The Labute approximate surface area is 184 Å². The number of para-hydroxylation sites is 1. The smallest absolute Gasteiger partial charge is 0.247 e. The first-order valence-electron chi connectivity index (χ1n) is 11.0. The van der Waals surface area contributed by atoms with E-state index in [0.29, 0.717) is 17.7 Å². The number of nitrogens with one attached hydrogen (secondary N) is 3. The van der Waals surface area contributed by atoms with Crippen LogP contribution in [0.2, 0.25) is 0 Å². The molecule has 0 unspecified atom stereocenters. The number of H-pyrrole nitrogens is 1. The summed E-state index contributed by atoms with van der Waals surface area (Å²) >= 11 is 0. The van der Waals surface area contributed by atoms with Crippen LogP contribution in [0.4, 0.5) is 23.3 Å². The highest BCUT2D eigenvalue weighted by molar-refractivity contribution is 5.97. The standard InChI is InChI=1S/C23H24N8O/c32-22(24-16-6-2-1-3-7-16)19-9-4-12-30(19)23-26-21(18-8-5-13-31(18)29-23)25-20-14-17(27-28-20)15-10-11-15/h1-3,5-8,13-15,19H,4,9-12H2,(H,24,32)(H2,25,26,27,28,29)/t19-/m1/s1. The van der Waals surface area contributed by atoms with Gasteiger partial charge in [-0.2, -0.15) is 10.1 Å². The number of amides is 1. The van der Waals surface area contributed by atoms with Crippen molar-refractivity contribution >= 4 is 34.7 Å². The fourth-order valence-electron chi connectivity index (χ4n) is 4.29. The third-order valence-corrected chi connectivity index (χ3v) is 6.09. The Kier molecular flexibility index (Phi) is 4.52. The molecule has 0 spiro atoms. The fraction of sp³-hybridized carbons (Fsp3) is 0.304. The number of carbonyl (C=O) groups is 1. The minimum atomic E-state index is -0.317. The first-order chi connectivity index (χ1) is 15.7. The van der Waals surface area contributed by atoms with Crippen LogP contribution in [-0.2, 0) is 4.79 Å². The Balaban J connectivity index is 1.28. The number of aromatic amines is 1. The minimum absolute atomic E-state index is 0.0409. The third-order valence-electron chi connectivity index (χ3n) is 6.09. The topological polar surface area (TPSA) is 103 Å². The zero-order valence-corrected chi connectivity index (χ0v) is 17.5. The summed E-state index contributed by atoms with van der Waals surface area (Å²) in [6.45, 7) is 0.729. The molecule has 4 heterocycles. The Bertz CT molecular complexity index is 1260. The van der Waals surface area contributed by atoms with Gasteiger partial charge >= 0.3 is 0 Å². The van der Waals surface area contributed by atoms with Crippen molar-refractivity contribution in [2.75, 3.05) is 22.1 Å². The van der Waals surface area contributed by atoms with Gasteiger partial charge in [0.25, 0.3) is 0 Å². The van der Waals surface area contributed by atoms with Crippen molar-refractivity contribution in [1.29, 1.82) is 0 Å². The van der Waals surface area contributed by atoms with Gasteiger partial charge < -0.3 is 15.5 Å². The molecule has 32 heavy (non-hydrogen) atoms. The van der Waals surface area contributed by atoms with Crippen molar-refractivity contribution in [1.82, 2.24) is 24.8 Å². The number of nitrogens with zero attached hydrogens (tertiary/aromatic N) is 5. The molecule has 9 nitrogen and oxygen atoms in total. The zero-order valence-electron chi connectivity index (χ0n) is 17.5. The summed E-state index contributed by atoms with van der Waals surface area (Å²) in [4.78, 5) is 19.8. The summed E-state index contributed by atoms with van der Waals surface area (Å²) in [7, 11) is 0. The predicted molar refractivity (Wildman–Crippen MR) is 122 cm³/mol. The molecule has 1 atom stereocenters. The van der Waals surface area contributed by atoms with Crippen LogP contribution in [-0.4, -0.2) is 43.3 Å². The van der Waals surface area contributed by atoms with Crippen molar-refractivity contribution in [3.63, 3.8) is 0 Å². The molecule has 1 amide bonds. The molecule has 6 rings (SSSR count). The van der Waals surface area contributed by atoms with Crippen LogP contribution >= 0.6 is 0 Å². The predicted octanol–water partition coefficient (Wildman–Crippen LogP) is 3.68. The van der Waals surface area contributed by atoms with Crippen LogP contribution in [0.3, 0.4) is 0 Å². The number of hydrogen-bond donors (Lipinski definition) is 3. The number of benzene rings is 1. The lowest BCUT2D eigenvalue weighted by Crippen LogP contribution is -2.40. The number of hydrogen-bond acceptors (Lipinski definition) is 6. The zero-order chi connectivity index (χ0) is 21.5. The van der Waals surface area contributed by atoms with E-state index in [0.717, 1.165) is 42.1 Å². The highest BCUT2D eigenvalue weighted by Gasteiger charge is 2.33. The third kappa shape index (κ3) is 3.55. The Morgan fingerprint density at radius 3 is 2.81 bits per heavy atom. The molecule has 1 aromatic carbocycles. The van der Waals surface area contributed by atoms with Crippen molar-refractivity contribution in [2.24, 2.45) is 0 Å². The van der Waals surface area contributed by atoms with Crippen LogP contribution in [0, 0.1) is 0 Å². The molecule has 1 saturated carbocycles. The van der Waals surface area contributed by atoms with Gasteiger partial charge in [0.15, 0.2) is 11.6 Å². The maximum absolute atomic E-state index is 13.0. The molecule has 0 radical (unpaired) electrons. The van der Waals surface area contributed by atoms with E-state index >= 15 is 0 Å². The van der Waals surface area contributed by atoms with Gasteiger partial charge in [-0.3, -0.25) is 9.89 Å². The van der Waals surface area contributed by atoms with Gasteiger partial charge in [-0.05, 0) is 49.9 Å². The average Bonchev–Trinajstić information content (AvgIpc) is 3.20. The quantitative estimate of drug-likeness (QED) is 0.433. The summed E-state index contributed by atoms with van der Waals surface area (Å²) in [6.07, 6.45) is 5.99. The molecule has 1 aliphatic heterocycles. The lowest BCUT2D eigenvalue weighted by atomic mass is 10.2. The van der Waals surface area contributed by atoms with Crippen molar-refractivity contribution in [3.05, 3.63) is 60.4 Å². The second-order valence-electron chi connectivity index (χ2n) is 8.41. The summed E-state index contributed by atoms with van der Waals surface area (Å²) in [5, 5.41) is 18.6. The van der Waals surface area contributed by atoms with Crippen LogP contribution in [0.1, 0.15) is 37.3 Å². The number of fused-ring (bicyclic) bond motifs is 1. The van der Waals surface area contributed by atoms with Crippen LogP contribution in [0.15, 0.2) is 54.7 Å². The Morgan fingerprint density at radius 2 is 1.97 bits per heavy atom. The second-order valence-corrected chi connectivity index (χ2v) is 8.41. The van der Waals surface area contributed by atoms with Crippen LogP contribution < -0.4 is 15.5 Å². The molecule has 162 valence electrons. The van der Waals surface area contributed by atoms with E-state index in [1.165, 1.54) is 12.8 Å². The molecule has 1 saturated heterocycles. The maximum atomic E-state index is 13.0. The van der Waals surface area contributed by atoms with Gasteiger partial charge in [0.05, 0.1) is 0 Å². The Hall–Kier alpha value is -3.88. The largest absolute Gasteiger partial charge is 0.327 e. The molecule has 2 aliphatic rings. The number of rotatable bonds is 6. The van der Waals surface area contributed by atoms with Gasteiger partial charge in [0.1, 0.15) is 11.6 Å². The van der Waals surface area contributed by atoms with E-state index < -0.39 is 0 Å². The number of anilines is 4. The second kappa shape index (κ2) is 7.67. The van der Waals surface area contributed by atoms with Crippen molar-refractivity contribution < 1.29 is 4.79 Å². The average molecular weight is 429 g/mol. The van der Waals surface area contributed by atoms with Crippen molar-refractivity contribution in [3.8, 4) is 0 Å². The molecule has 3 aromatic heterocycles. The molecular weight excluding hydrogens is 404 g/mol. The molecular formula is C23H24N8O. The fourth-order valence-corrected chi connectivity index (χ4v) is 4.29. The molecule has 3 N–H and O–H groups in total. The van der Waals surface area contributed by atoms with E-state index in [1.807, 2.05) is 59.6 Å². The summed E-state index contributed by atoms with van der Waals surface area (Å²) in [5.41, 5.74) is 2.80. The number of carbonyl (C=O) groups excluding carboxylic acids is 1. The van der Waals surface area contributed by atoms with Crippen molar-refractivity contribution in [2.45, 2.75) is 37.6 Å². The van der Waals surface area contributed by atoms with E-state index in [9.17, 15) is 4.79 Å². The number of aromatic nitrogens is 5. The van der Waals surface area contributed by atoms with E-state index in [1.54, 1.807) is 4.52 Å². The lowest BCUT2D eigenvalue weighted by molar-refractivity contribution is -0.117. The SMILES string of the molecule is O=C(Nc1ccccc1)[C@H]1CCCN1c1nc(Nc2cc(C3CC3)[nH]n2)c2cccn2n1. The van der Waals surface area contributed by atoms with Crippen LogP contribution in [0.25, 0.3) is 5.52 Å². The first kappa shape index (κ1) is 18.9. The lowest BCUT2D eigenvalue weighted by Gasteiger charge is -2.24. The van der Waals surface area contributed by atoms with Gasteiger partial charge in [0.2, 0.25) is 11.9 Å². The highest BCUT2D eigenvalue weighted by Crippen LogP contribution is 2.39. The van der Waals surface area contributed by atoms with Gasteiger partial charge in [0, 0.05) is 36.1 Å². The highest BCUT2D eigenvalue weighted by atomic mass is 16.2. The minimum Gasteiger partial charge on any atom is -0.327 e. The normalized spacial score (nSPS) is 18.2. The molecule has 2 fully saturated rings. The van der Waals surface area contributed by atoms with Gasteiger partial charge in [-0.25, -0.2) is 4.52 Å². The molecule has 0 bridgehead atoms. The monoisotopic (exact) mass is 428 g/mol. The maximum Gasteiger partial charge on any atom is 0.247 e.